The smallest absolute Gasteiger partial charge is 0.129 e. The van der Waals surface area contributed by atoms with Gasteiger partial charge in [-0.2, -0.15) is 0 Å². The summed E-state index contributed by atoms with van der Waals surface area (Å²) in [4.78, 5) is 6.48. The number of aromatic nitrogens is 1. The maximum atomic E-state index is 6.00. The lowest BCUT2D eigenvalue weighted by Gasteiger charge is -2.19. The monoisotopic (exact) mass is 314 g/mol. The maximum Gasteiger partial charge on any atom is 0.129 e. The first-order valence-electron chi connectivity index (χ1n) is 5.77. The molecule has 0 aliphatic heterocycles. The van der Waals surface area contributed by atoms with Crippen LogP contribution < -0.4 is 4.90 Å². The fourth-order valence-corrected chi connectivity index (χ4v) is 2.29. The van der Waals surface area contributed by atoms with Crippen LogP contribution in [-0.2, 0) is 12.4 Å². The molecule has 0 saturated heterocycles. The Morgan fingerprint density at radius 2 is 1.74 bits per heavy atom. The van der Waals surface area contributed by atoms with Gasteiger partial charge in [-0.05, 0) is 29.8 Å². The van der Waals surface area contributed by atoms with Gasteiger partial charge >= 0.3 is 0 Å². The topological polar surface area (TPSA) is 16.1 Å². The van der Waals surface area contributed by atoms with E-state index in [4.69, 9.17) is 34.8 Å². The number of hydrogen-bond acceptors (Lipinski definition) is 2. The SMILES string of the molecule is CN(Cc1ccc(Cl)cc1)c1ccc(Cl)c(CCl)n1. The van der Waals surface area contributed by atoms with E-state index >= 15 is 0 Å². The minimum Gasteiger partial charge on any atom is -0.355 e. The Balaban J connectivity index is 2.15. The van der Waals surface area contributed by atoms with Crippen LogP contribution in [0.15, 0.2) is 36.4 Å². The van der Waals surface area contributed by atoms with Crippen LogP contribution in [0.1, 0.15) is 11.3 Å². The van der Waals surface area contributed by atoms with Gasteiger partial charge in [-0.1, -0.05) is 35.3 Å². The molecule has 100 valence electrons. The van der Waals surface area contributed by atoms with Crippen LogP contribution in [0.5, 0.6) is 0 Å². The van der Waals surface area contributed by atoms with Gasteiger partial charge in [0, 0.05) is 18.6 Å². The number of nitrogens with zero attached hydrogens (tertiary/aromatic N) is 2. The molecule has 0 unspecified atom stereocenters. The molecule has 0 radical (unpaired) electrons. The van der Waals surface area contributed by atoms with Crippen molar-refractivity contribution in [2.75, 3.05) is 11.9 Å². The average Bonchev–Trinajstić information content (AvgIpc) is 2.42. The molecule has 1 aromatic heterocycles. The van der Waals surface area contributed by atoms with Gasteiger partial charge in [0.2, 0.25) is 0 Å². The number of benzene rings is 1. The van der Waals surface area contributed by atoms with Crippen LogP contribution in [0.3, 0.4) is 0 Å². The van der Waals surface area contributed by atoms with Crippen LogP contribution in [-0.4, -0.2) is 12.0 Å². The molecule has 0 amide bonds. The summed E-state index contributed by atoms with van der Waals surface area (Å²) in [5.74, 6) is 1.15. The normalized spacial score (nSPS) is 10.5. The summed E-state index contributed by atoms with van der Waals surface area (Å²) in [6.07, 6.45) is 0. The van der Waals surface area contributed by atoms with Crippen LogP contribution in [0.2, 0.25) is 10.0 Å². The molecule has 0 aliphatic rings. The third-order valence-corrected chi connectivity index (χ3v) is 3.60. The van der Waals surface area contributed by atoms with Crippen molar-refractivity contribution in [1.82, 2.24) is 4.98 Å². The summed E-state index contributed by atoms with van der Waals surface area (Å²) in [7, 11) is 1.98. The first-order valence-corrected chi connectivity index (χ1v) is 7.06. The predicted octanol–water partition coefficient (Wildman–Crippen LogP) is 4.76. The molecule has 1 aromatic carbocycles. The minimum atomic E-state index is 0.307. The molecule has 0 N–H and O–H groups in total. The van der Waals surface area contributed by atoms with Gasteiger partial charge in [-0.25, -0.2) is 4.98 Å². The Kier molecular flexibility index (Phi) is 4.92. The van der Waals surface area contributed by atoms with Crippen LogP contribution >= 0.6 is 34.8 Å². The second-order valence-electron chi connectivity index (χ2n) is 4.21. The Morgan fingerprint density at radius 1 is 1.05 bits per heavy atom. The van der Waals surface area contributed by atoms with Gasteiger partial charge in [-0.15, -0.1) is 11.6 Å². The van der Waals surface area contributed by atoms with E-state index in [0.29, 0.717) is 16.6 Å². The van der Waals surface area contributed by atoms with Gasteiger partial charge in [0.25, 0.3) is 0 Å². The fourth-order valence-electron chi connectivity index (χ4n) is 1.72. The van der Waals surface area contributed by atoms with Gasteiger partial charge in [0.05, 0.1) is 16.6 Å². The zero-order valence-corrected chi connectivity index (χ0v) is 12.7. The lowest BCUT2D eigenvalue weighted by atomic mass is 10.2. The average molecular weight is 316 g/mol. The molecule has 0 aliphatic carbocycles. The number of alkyl halides is 1. The van der Waals surface area contributed by atoms with Crippen molar-refractivity contribution in [3.63, 3.8) is 0 Å². The third kappa shape index (κ3) is 3.75. The van der Waals surface area contributed by atoms with Crippen molar-refractivity contribution in [1.29, 1.82) is 0 Å². The summed E-state index contributed by atoms with van der Waals surface area (Å²) >= 11 is 17.7. The molecule has 0 saturated carbocycles. The van der Waals surface area contributed by atoms with Crippen LogP contribution in [0.25, 0.3) is 0 Å². The zero-order chi connectivity index (χ0) is 13.8. The van der Waals surface area contributed by atoms with Crippen molar-refractivity contribution >= 4 is 40.6 Å². The van der Waals surface area contributed by atoms with E-state index in [1.165, 1.54) is 0 Å². The number of rotatable bonds is 4. The van der Waals surface area contributed by atoms with E-state index in [9.17, 15) is 0 Å². The second-order valence-corrected chi connectivity index (χ2v) is 5.33. The summed E-state index contributed by atoms with van der Waals surface area (Å²) < 4.78 is 0. The summed E-state index contributed by atoms with van der Waals surface area (Å²) in [5, 5.41) is 1.33. The fraction of sp³-hybridized carbons (Fsp3) is 0.214. The molecular formula is C14H13Cl3N2. The maximum absolute atomic E-state index is 6.00. The van der Waals surface area contributed by atoms with Crippen molar-refractivity contribution in [3.8, 4) is 0 Å². The first kappa shape index (κ1) is 14.4. The molecule has 0 spiro atoms. The van der Waals surface area contributed by atoms with Crippen molar-refractivity contribution in [2.45, 2.75) is 12.4 Å². The largest absolute Gasteiger partial charge is 0.355 e. The number of hydrogen-bond donors (Lipinski definition) is 0. The quantitative estimate of drug-likeness (QED) is 0.756. The minimum absolute atomic E-state index is 0.307. The molecule has 2 aromatic rings. The highest BCUT2D eigenvalue weighted by atomic mass is 35.5. The zero-order valence-electron chi connectivity index (χ0n) is 10.4. The Hall–Kier alpha value is -0.960. The van der Waals surface area contributed by atoms with Gasteiger partial charge in [-0.3, -0.25) is 0 Å². The van der Waals surface area contributed by atoms with Gasteiger partial charge < -0.3 is 4.90 Å². The molecule has 0 fully saturated rings. The predicted molar refractivity (Wildman–Crippen MR) is 82.4 cm³/mol. The van der Waals surface area contributed by atoms with Gasteiger partial charge in [0.1, 0.15) is 5.82 Å². The van der Waals surface area contributed by atoms with E-state index in [1.807, 2.05) is 48.3 Å². The number of halogens is 3. The molecule has 2 nitrogen and oxygen atoms in total. The lowest BCUT2D eigenvalue weighted by molar-refractivity contribution is 0.891. The lowest BCUT2D eigenvalue weighted by Crippen LogP contribution is -2.18. The Morgan fingerprint density at radius 3 is 2.37 bits per heavy atom. The van der Waals surface area contributed by atoms with Crippen LogP contribution in [0, 0.1) is 0 Å². The molecule has 0 bridgehead atoms. The van der Waals surface area contributed by atoms with Crippen molar-refractivity contribution in [3.05, 3.63) is 57.7 Å². The second kappa shape index (κ2) is 6.47. The van der Waals surface area contributed by atoms with E-state index in [-0.39, 0.29) is 0 Å². The standard InChI is InChI=1S/C14H13Cl3N2/c1-19(9-10-2-4-11(16)5-3-10)14-7-6-12(17)13(8-15)18-14/h2-7H,8-9H2,1H3. The first-order chi connectivity index (χ1) is 9.10. The Labute approximate surface area is 127 Å². The molecule has 1 heterocycles. The molecule has 2 rings (SSSR count). The van der Waals surface area contributed by atoms with Crippen molar-refractivity contribution < 1.29 is 0 Å². The number of pyridine rings is 1. The van der Waals surface area contributed by atoms with E-state index < -0.39 is 0 Å². The van der Waals surface area contributed by atoms with E-state index in [1.54, 1.807) is 0 Å². The number of anilines is 1. The summed E-state index contributed by atoms with van der Waals surface area (Å²) in [5.41, 5.74) is 1.86. The highest BCUT2D eigenvalue weighted by Crippen LogP contribution is 2.21. The molecule has 0 atom stereocenters. The Bertz CT molecular complexity index is 555. The van der Waals surface area contributed by atoms with E-state index in [0.717, 1.165) is 22.9 Å². The van der Waals surface area contributed by atoms with Crippen molar-refractivity contribution in [2.24, 2.45) is 0 Å². The summed E-state index contributed by atoms with van der Waals surface area (Å²) in [6.45, 7) is 0.744. The third-order valence-electron chi connectivity index (χ3n) is 2.75. The highest BCUT2D eigenvalue weighted by molar-refractivity contribution is 6.32. The summed E-state index contributed by atoms with van der Waals surface area (Å²) in [6, 6.07) is 11.5. The molecule has 19 heavy (non-hydrogen) atoms. The highest BCUT2D eigenvalue weighted by Gasteiger charge is 2.07. The van der Waals surface area contributed by atoms with Gasteiger partial charge in [0.15, 0.2) is 0 Å². The van der Waals surface area contributed by atoms with E-state index in [2.05, 4.69) is 4.98 Å². The van der Waals surface area contributed by atoms with Crippen LogP contribution in [0.4, 0.5) is 5.82 Å². The molecule has 5 heteroatoms. The molecular weight excluding hydrogens is 303 g/mol.